The van der Waals surface area contributed by atoms with E-state index < -0.39 is 0 Å². The Hall–Kier alpha value is -0.840. The Morgan fingerprint density at radius 2 is 2.12 bits per heavy atom. The normalized spacial score (nSPS) is 14.6. The SMILES string of the molecule is CCC(=O)C(C)c1nc(CSC(C)CC)no1. The predicted molar refractivity (Wildman–Crippen MR) is 69.1 cm³/mol. The van der Waals surface area contributed by atoms with Gasteiger partial charge in [-0.25, -0.2) is 0 Å². The van der Waals surface area contributed by atoms with E-state index in [9.17, 15) is 4.79 Å². The van der Waals surface area contributed by atoms with Crippen LogP contribution in [0.15, 0.2) is 4.52 Å². The highest BCUT2D eigenvalue weighted by Gasteiger charge is 2.20. The first-order chi connectivity index (χ1) is 8.08. The Morgan fingerprint density at radius 1 is 1.41 bits per heavy atom. The molecule has 0 aromatic carbocycles. The maximum atomic E-state index is 11.5. The molecule has 5 heteroatoms. The summed E-state index contributed by atoms with van der Waals surface area (Å²) in [5.41, 5.74) is 0. The maximum Gasteiger partial charge on any atom is 0.236 e. The number of Topliss-reactive ketones (excluding diaryl/α,β-unsaturated/α-hetero) is 1. The minimum absolute atomic E-state index is 0.134. The second-order valence-corrected chi connectivity index (χ2v) is 5.55. The zero-order chi connectivity index (χ0) is 12.8. The molecular weight excluding hydrogens is 236 g/mol. The van der Waals surface area contributed by atoms with Gasteiger partial charge in [-0.05, 0) is 13.3 Å². The standard InChI is InChI=1S/C12H20N2O2S/c1-5-8(3)17-7-11-13-12(16-14-11)9(4)10(15)6-2/h8-9H,5-7H2,1-4H3. The number of carbonyl (C=O) groups is 1. The zero-order valence-electron chi connectivity index (χ0n) is 10.9. The Balaban J connectivity index is 2.56. The van der Waals surface area contributed by atoms with E-state index in [1.54, 1.807) is 11.8 Å². The van der Waals surface area contributed by atoms with Gasteiger partial charge in [-0.2, -0.15) is 16.7 Å². The van der Waals surface area contributed by atoms with Crippen molar-refractivity contribution >= 4 is 17.5 Å². The summed E-state index contributed by atoms with van der Waals surface area (Å²) in [6, 6.07) is 0. The first kappa shape index (κ1) is 14.2. The molecule has 1 aromatic rings. The Morgan fingerprint density at radius 3 is 2.71 bits per heavy atom. The molecule has 1 heterocycles. The quantitative estimate of drug-likeness (QED) is 0.750. The van der Waals surface area contributed by atoms with Crippen molar-refractivity contribution in [2.45, 2.75) is 57.5 Å². The Bertz CT molecular complexity index is 365. The topological polar surface area (TPSA) is 56.0 Å². The van der Waals surface area contributed by atoms with Crippen LogP contribution in [0, 0.1) is 0 Å². The summed E-state index contributed by atoms with van der Waals surface area (Å²) in [6.45, 7) is 7.98. The molecule has 0 fully saturated rings. The largest absolute Gasteiger partial charge is 0.339 e. The zero-order valence-corrected chi connectivity index (χ0v) is 11.7. The molecule has 0 N–H and O–H groups in total. The molecule has 2 unspecified atom stereocenters. The van der Waals surface area contributed by atoms with Crippen LogP contribution >= 0.6 is 11.8 Å². The van der Waals surface area contributed by atoms with Gasteiger partial charge >= 0.3 is 0 Å². The average Bonchev–Trinajstić information content (AvgIpc) is 2.82. The van der Waals surface area contributed by atoms with Crippen molar-refractivity contribution in [2.75, 3.05) is 0 Å². The predicted octanol–water partition coefficient (Wildman–Crippen LogP) is 3.18. The van der Waals surface area contributed by atoms with Crippen LogP contribution in [0.1, 0.15) is 58.2 Å². The highest BCUT2D eigenvalue weighted by molar-refractivity contribution is 7.99. The van der Waals surface area contributed by atoms with E-state index in [-0.39, 0.29) is 11.7 Å². The molecule has 0 spiro atoms. The summed E-state index contributed by atoms with van der Waals surface area (Å²) in [6.07, 6.45) is 1.63. The van der Waals surface area contributed by atoms with Crippen molar-refractivity contribution in [3.63, 3.8) is 0 Å². The maximum absolute atomic E-state index is 11.5. The number of aromatic nitrogens is 2. The van der Waals surface area contributed by atoms with Gasteiger partial charge in [-0.3, -0.25) is 4.79 Å². The molecule has 0 saturated carbocycles. The average molecular weight is 256 g/mol. The first-order valence-corrected chi connectivity index (χ1v) is 7.10. The summed E-state index contributed by atoms with van der Waals surface area (Å²) in [7, 11) is 0. The van der Waals surface area contributed by atoms with Crippen LogP contribution in [-0.4, -0.2) is 21.2 Å². The lowest BCUT2D eigenvalue weighted by Gasteiger charge is -2.04. The van der Waals surface area contributed by atoms with Gasteiger partial charge in [0.15, 0.2) is 5.82 Å². The molecule has 17 heavy (non-hydrogen) atoms. The van der Waals surface area contributed by atoms with Gasteiger partial charge in [0, 0.05) is 11.7 Å². The summed E-state index contributed by atoms with van der Waals surface area (Å²) in [5, 5.41) is 4.49. The smallest absolute Gasteiger partial charge is 0.236 e. The van der Waals surface area contributed by atoms with Crippen molar-refractivity contribution < 1.29 is 9.32 Å². The fourth-order valence-electron chi connectivity index (χ4n) is 1.28. The fraction of sp³-hybridized carbons (Fsp3) is 0.750. The van der Waals surface area contributed by atoms with Crippen molar-refractivity contribution in [1.29, 1.82) is 0 Å². The van der Waals surface area contributed by atoms with E-state index in [0.717, 1.165) is 12.2 Å². The number of rotatable bonds is 7. The summed E-state index contributed by atoms with van der Waals surface area (Å²) in [4.78, 5) is 15.8. The number of nitrogens with zero attached hydrogens (tertiary/aromatic N) is 2. The number of hydrogen-bond acceptors (Lipinski definition) is 5. The number of hydrogen-bond donors (Lipinski definition) is 0. The van der Waals surface area contributed by atoms with Gasteiger partial charge in [-0.15, -0.1) is 0 Å². The Labute approximate surface area is 107 Å². The number of carbonyl (C=O) groups excluding carboxylic acids is 1. The lowest BCUT2D eigenvalue weighted by Crippen LogP contribution is -2.07. The van der Waals surface area contributed by atoms with E-state index in [4.69, 9.17) is 4.52 Å². The minimum Gasteiger partial charge on any atom is -0.339 e. The van der Waals surface area contributed by atoms with Gasteiger partial charge in [0.05, 0.1) is 11.7 Å². The lowest BCUT2D eigenvalue weighted by atomic mass is 10.1. The van der Waals surface area contributed by atoms with E-state index in [2.05, 4.69) is 24.0 Å². The number of thioether (sulfide) groups is 1. The van der Waals surface area contributed by atoms with Gasteiger partial charge in [0.25, 0.3) is 0 Å². The molecule has 2 atom stereocenters. The molecule has 0 bridgehead atoms. The molecule has 0 aliphatic rings. The highest BCUT2D eigenvalue weighted by atomic mass is 32.2. The molecule has 0 saturated heterocycles. The second kappa shape index (κ2) is 6.79. The molecule has 1 rings (SSSR count). The van der Waals surface area contributed by atoms with Gasteiger partial charge in [0.1, 0.15) is 5.78 Å². The van der Waals surface area contributed by atoms with E-state index in [0.29, 0.717) is 23.4 Å². The van der Waals surface area contributed by atoms with Crippen molar-refractivity contribution in [3.8, 4) is 0 Å². The molecule has 1 aromatic heterocycles. The number of ketones is 1. The van der Waals surface area contributed by atoms with Gasteiger partial charge in [-0.1, -0.05) is 25.9 Å². The van der Waals surface area contributed by atoms with E-state index in [1.165, 1.54) is 0 Å². The van der Waals surface area contributed by atoms with Gasteiger partial charge in [0.2, 0.25) is 5.89 Å². The van der Waals surface area contributed by atoms with Crippen molar-refractivity contribution in [1.82, 2.24) is 10.1 Å². The third-order valence-electron chi connectivity index (χ3n) is 2.76. The van der Waals surface area contributed by atoms with Crippen LogP contribution in [0.2, 0.25) is 0 Å². The summed E-state index contributed by atoms with van der Waals surface area (Å²) >= 11 is 1.80. The molecule has 0 aliphatic carbocycles. The summed E-state index contributed by atoms with van der Waals surface area (Å²) in [5.74, 6) is 1.72. The molecule has 96 valence electrons. The van der Waals surface area contributed by atoms with Crippen LogP contribution in [0.25, 0.3) is 0 Å². The minimum atomic E-state index is -0.283. The third kappa shape index (κ3) is 4.15. The van der Waals surface area contributed by atoms with Gasteiger partial charge < -0.3 is 4.52 Å². The van der Waals surface area contributed by atoms with E-state index in [1.807, 2.05) is 13.8 Å². The molecule has 4 nitrogen and oxygen atoms in total. The first-order valence-electron chi connectivity index (χ1n) is 6.05. The van der Waals surface area contributed by atoms with Crippen LogP contribution in [0.5, 0.6) is 0 Å². The molecular formula is C12H20N2O2S. The lowest BCUT2D eigenvalue weighted by molar-refractivity contribution is -0.120. The highest BCUT2D eigenvalue weighted by Crippen LogP contribution is 2.20. The molecule has 0 radical (unpaired) electrons. The van der Waals surface area contributed by atoms with E-state index >= 15 is 0 Å². The monoisotopic (exact) mass is 256 g/mol. The fourth-order valence-corrected chi connectivity index (χ4v) is 2.07. The molecule has 0 aliphatic heterocycles. The van der Waals surface area contributed by atoms with Crippen LogP contribution in [0.4, 0.5) is 0 Å². The molecule has 0 amide bonds. The Kier molecular flexibility index (Phi) is 5.68. The van der Waals surface area contributed by atoms with Crippen LogP contribution < -0.4 is 0 Å². The third-order valence-corrected chi connectivity index (χ3v) is 4.08. The van der Waals surface area contributed by atoms with Crippen LogP contribution in [-0.2, 0) is 10.5 Å². The summed E-state index contributed by atoms with van der Waals surface area (Å²) < 4.78 is 5.12. The second-order valence-electron chi connectivity index (χ2n) is 4.12. The van der Waals surface area contributed by atoms with Crippen molar-refractivity contribution in [2.24, 2.45) is 0 Å². The van der Waals surface area contributed by atoms with Crippen molar-refractivity contribution in [3.05, 3.63) is 11.7 Å². The van der Waals surface area contributed by atoms with Crippen LogP contribution in [0.3, 0.4) is 0 Å².